The Balaban J connectivity index is 1.20. The smallest absolute Gasteiger partial charge is 0.229 e. The van der Waals surface area contributed by atoms with E-state index < -0.39 is 5.82 Å². The molecule has 2 atom stereocenters. The predicted molar refractivity (Wildman–Crippen MR) is 123 cm³/mol. The van der Waals surface area contributed by atoms with Gasteiger partial charge in [0, 0.05) is 48.8 Å². The molecule has 0 spiro atoms. The van der Waals surface area contributed by atoms with Crippen LogP contribution >= 0.6 is 0 Å². The second-order valence-electron chi connectivity index (χ2n) is 9.19. The highest BCUT2D eigenvalue weighted by atomic mass is 19.1. The van der Waals surface area contributed by atoms with E-state index in [-0.39, 0.29) is 17.7 Å². The molecule has 2 fully saturated rings. The van der Waals surface area contributed by atoms with E-state index >= 15 is 4.39 Å². The Morgan fingerprint density at radius 1 is 1.26 bits per heavy atom. The van der Waals surface area contributed by atoms with Crippen molar-refractivity contribution in [3.05, 3.63) is 54.1 Å². The van der Waals surface area contributed by atoms with Gasteiger partial charge in [-0.15, -0.1) is 5.10 Å². The molecule has 2 aliphatic rings. The van der Waals surface area contributed by atoms with Crippen LogP contribution in [-0.4, -0.2) is 55.1 Å². The number of nitrogens with one attached hydrogen (secondary N) is 1. The number of pyridine rings is 1. The Morgan fingerprint density at radius 3 is 2.80 bits per heavy atom. The average molecular weight is 478 g/mol. The number of carbonyl (C=O) groups excluding carboxylic acids is 1. The summed E-state index contributed by atoms with van der Waals surface area (Å²) in [5.74, 6) is 1.05. The minimum Gasteiger partial charge on any atom is -0.489 e. The monoisotopic (exact) mass is 477 g/mol. The molecular weight excluding hydrogens is 453 g/mol. The van der Waals surface area contributed by atoms with Crippen LogP contribution in [0.2, 0.25) is 0 Å². The van der Waals surface area contributed by atoms with E-state index in [1.807, 2.05) is 6.92 Å². The van der Waals surface area contributed by atoms with Gasteiger partial charge in [0.25, 0.3) is 0 Å². The van der Waals surface area contributed by atoms with Gasteiger partial charge in [-0.25, -0.2) is 18.9 Å². The second kappa shape index (κ2) is 8.42. The van der Waals surface area contributed by atoms with Gasteiger partial charge in [-0.1, -0.05) is 0 Å². The predicted octanol–water partition coefficient (Wildman–Crippen LogP) is 2.74. The molecule has 0 aromatic carbocycles. The molecule has 1 aliphatic heterocycles. The number of anilines is 1. The van der Waals surface area contributed by atoms with Crippen molar-refractivity contribution in [3.8, 4) is 17.0 Å². The summed E-state index contributed by atoms with van der Waals surface area (Å²) >= 11 is 0. The van der Waals surface area contributed by atoms with E-state index in [2.05, 4.69) is 25.5 Å². The Bertz CT molecular complexity index is 1410. The van der Waals surface area contributed by atoms with Crippen molar-refractivity contribution in [1.29, 1.82) is 0 Å². The van der Waals surface area contributed by atoms with Crippen LogP contribution in [0.4, 0.5) is 10.2 Å². The number of nitrogens with zero attached hydrogens (tertiary/aromatic N) is 6. The van der Waals surface area contributed by atoms with Crippen LogP contribution in [0.1, 0.15) is 23.7 Å². The van der Waals surface area contributed by atoms with Gasteiger partial charge in [0.1, 0.15) is 11.5 Å². The van der Waals surface area contributed by atoms with Crippen molar-refractivity contribution in [3.63, 3.8) is 0 Å². The van der Waals surface area contributed by atoms with Gasteiger partial charge >= 0.3 is 0 Å². The number of ether oxygens (including phenoxy) is 2. The summed E-state index contributed by atoms with van der Waals surface area (Å²) in [6.07, 6.45) is 7.08. The van der Waals surface area contributed by atoms with Crippen LogP contribution in [-0.2, 0) is 16.6 Å². The number of carbonyl (C=O) groups is 1. The van der Waals surface area contributed by atoms with Crippen LogP contribution in [0.3, 0.4) is 0 Å². The Hall–Kier alpha value is -3.86. The van der Waals surface area contributed by atoms with Crippen molar-refractivity contribution in [2.75, 3.05) is 25.1 Å². The van der Waals surface area contributed by atoms with Gasteiger partial charge in [0.05, 0.1) is 37.7 Å². The quantitative estimate of drug-likeness (QED) is 0.436. The molecule has 5 heterocycles. The minimum absolute atomic E-state index is 0.00596. The SMILES string of the molecule is Cc1cnc([C@@H]2C[C@@H]2C(=O)Nc2cc3cc(-c4c(OCC5COC5)cnn4C)c(F)cn3n2)nc1. The van der Waals surface area contributed by atoms with Gasteiger partial charge in [0.15, 0.2) is 17.4 Å². The lowest BCUT2D eigenvalue weighted by Gasteiger charge is -2.25. The maximum Gasteiger partial charge on any atom is 0.229 e. The third-order valence-electron chi connectivity index (χ3n) is 6.40. The van der Waals surface area contributed by atoms with Crippen molar-refractivity contribution < 1.29 is 18.7 Å². The highest BCUT2D eigenvalue weighted by Crippen LogP contribution is 2.46. The number of aromatic nitrogens is 6. The van der Waals surface area contributed by atoms with Crippen molar-refractivity contribution in [2.45, 2.75) is 19.3 Å². The molecule has 11 heteroatoms. The summed E-state index contributed by atoms with van der Waals surface area (Å²) in [7, 11) is 1.74. The molecule has 1 aliphatic carbocycles. The van der Waals surface area contributed by atoms with Crippen molar-refractivity contribution in [1.82, 2.24) is 29.4 Å². The first-order valence-electron chi connectivity index (χ1n) is 11.5. The van der Waals surface area contributed by atoms with E-state index in [0.717, 1.165) is 5.56 Å². The maximum absolute atomic E-state index is 15.1. The van der Waals surface area contributed by atoms with Gasteiger partial charge in [0.2, 0.25) is 5.91 Å². The van der Waals surface area contributed by atoms with E-state index in [9.17, 15) is 4.79 Å². The number of hydrogen-bond acceptors (Lipinski definition) is 7. The number of rotatable bonds is 7. The summed E-state index contributed by atoms with van der Waals surface area (Å²) in [4.78, 5) is 21.4. The van der Waals surface area contributed by atoms with Gasteiger partial charge in [-0.05, 0) is 25.0 Å². The molecular formula is C24H24FN7O3. The van der Waals surface area contributed by atoms with Crippen LogP contribution in [0.5, 0.6) is 5.75 Å². The summed E-state index contributed by atoms with van der Waals surface area (Å²) in [6, 6.07) is 3.39. The fourth-order valence-electron chi connectivity index (χ4n) is 4.26. The van der Waals surface area contributed by atoms with Crippen LogP contribution in [0, 0.1) is 24.6 Å². The first-order chi connectivity index (χ1) is 17.0. The number of amides is 1. The molecule has 180 valence electrons. The second-order valence-corrected chi connectivity index (χ2v) is 9.19. The molecule has 4 aromatic rings. The van der Waals surface area contributed by atoms with Crippen molar-refractivity contribution in [2.24, 2.45) is 18.9 Å². The lowest BCUT2D eigenvalue weighted by atomic mass is 10.1. The van der Waals surface area contributed by atoms with Crippen LogP contribution in [0.15, 0.2) is 36.9 Å². The number of hydrogen-bond donors (Lipinski definition) is 1. The van der Waals surface area contributed by atoms with Gasteiger partial charge in [-0.2, -0.15) is 5.10 Å². The number of fused-ring (bicyclic) bond motifs is 1. The molecule has 6 rings (SSSR count). The van der Waals surface area contributed by atoms with E-state index in [1.165, 1.54) is 10.7 Å². The van der Waals surface area contributed by atoms with E-state index in [1.54, 1.807) is 42.5 Å². The molecule has 1 N–H and O–H groups in total. The highest BCUT2D eigenvalue weighted by molar-refractivity contribution is 5.95. The lowest BCUT2D eigenvalue weighted by Crippen LogP contribution is -2.32. The zero-order valence-electron chi connectivity index (χ0n) is 19.3. The normalized spacial score (nSPS) is 19.5. The Kier molecular flexibility index (Phi) is 5.21. The fraction of sp³-hybridized carbons (Fsp3) is 0.375. The lowest BCUT2D eigenvalue weighted by molar-refractivity contribution is -0.117. The zero-order valence-corrected chi connectivity index (χ0v) is 19.3. The summed E-state index contributed by atoms with van der Waals surface area (Å²) in [6.45, 7) is 3.74. The van der Waals surface area contributed by atoms with Gasteiger partial charge < -0.3 is 14.8 Å². The summed E-state index contributed by atoms with van der Waals surface area (Å²) in [5, 5.41) is 11.4. The number of aryl methyl sites for hydroxylation is 2. The first-order valence-corrected chi connectivity index (χ1v) is 11.5. The van der Waals surface area contributed by atoms with Crippen LogP contribution in [0.25, 0.3) is 16.8 Å². The molecule has 1 amide bonds. The fourth-order valence-corrected chi connectivity index (χ4v) is 4.26. The summed E-state index contributed by atoms with van der Waals surface area (Å²) in [5.41, 5.74) is 2.49. The standard InChI is InChI=1S/C24H24FN7O3/c1-13-6-26-23(27-7-13)16-5-17(16)24(33)29-21-4-15-3-18(19(25)9-32(15)30-21)22-20(8-28-31(22)2)35-12-14-10-34-11-14/h3-4,6-9,14,16-17H,5,10-12H2,1-2H3,(H,29,30,33)/t16-,17+/m1/s1. The molecule has 10 nitrogen and oxygen atoms in total. The third-order valence-corrected chi connectivity index (χ3v) is 6.40. The topological polar surface area (TPSA) is 108 Å². The van der Waals surface area contributed by atoms with E-state index in [0.29, 0.717) is 66.3 Å². The highest BCUT2D eigenvalue weighted by Gasteiger charge is 2.46. The van der Waals surface area contributed by atoms with E-state index in [4.69, 9.17) is 9.47 Å². The molecule has 4 aromatic heterocycles. The molecule has 1 saturated carbocycles. The molecule has 0 unspecified atom stereocenters. The minimum atomic E-state index is -0.474. The zero-order chi connectivity index (χ0) is 24.1. The average Bonchev–Trinajstić information content (AvgIpc) is 3.39. The maximum atomic E-state index is 15.1. The molecule has 35 heavy (non-hydrogen) atoms. The van der Waals surface area contributed by atoms with Crippen LogP contribution < -0.4 is 10.1 Å². The Morgan fingerprint density at radius 2 is 2.06 bits per heavy atom. The Labute approximate surface area is 200 Å². The molecule has 1 saturated heterocycles. The van der Waals surface area contributed by atoms with Crippen molar-refractivity contribution >= 4 is 17.2 Å². The molecule has 0 bridgehead atoms. The van der Waals surface area contributed by atoms with Gasteiger partial charge in [-0.3, -0.25) is 9.48 Å². The first kappa shape index (κ1) is 21.7. The largest absolute Gasteiger partial charge is 0.489 e. The molecule has 0 radical (unpaired) electrons. The number of halogens is 1. The third kappa shape index (κ3) is 4.12. The summed E-state index contributed by atoms with van der Waals surface area (Å²) < 4.78 is 29.2.